The van der Waals surface area contributed by atoms with Crippen LogP contribution in [0.4, 0.5) is 5.69 Å². The van der Waals surface area contributed by atoms with E-state index in [1.165, 1.54) is 6.08 Å². The lowest BCUT2D eigenvalue weighted by molar-refractivity contribution is 1.30. The van der Waals surface area contributed by atoms with Crippen LogP contribution in [-0.4, -0.2) is 11.7 Å². The quantitative estimate of drug-likeness (QED) is 0.386. The summed E-state index contributed by atoms with van der Waals surface area (Å²) in [6.07, 6.45) is 3.21. The summed E-state index contributed by atoms with van der Waals surface area (Å²) in [4.78, 5) is 4.27. The maximum absolute atomic E-state index is 8.48. The summed E-state index contributed by atoms with van der Waals surface area (Å²) in [6, 6.07) is 5.88. The van der Waals surface area contributed by atoms with Crippen LogP contribution in [0, 0.1) is 25.2 Å². The third kappa shape index (κ3) is 3.61. The number of nitrogens with two attached hydrogens (primary N) is 1. The van der Waals surface area contributed by atoms with Crippen molar-refractivity contribution in [2.45, 2.75) is 13.8 Å². The van der Waals surface area contributed by atoms with Crippen LogP contribution in [0.2, 0.25) is 0 Å². The van der Waals surface area contributed by atoms with E-state index in [0.29, 0.717) is 5.84 Å². The van der Waals surface area contributed by atoms with Gasteiger partial charge >= 0.3 is 0 Å². The highest BCUT2D eigenvalue weighted by atomic mass is 35.5. The first kappa shape index (κ1) is 13.3. The van der Waals surface area contributed by atoms with Gasteiger partial charge in [0.05, 0.1) is 17.6 Å². The van der Waals surface area contributed by atoms with Gasteiger partial charge in [0.1, 0.15) is 5.84 Å². The molecule has 0 saturated heterocycles. The van der Waals surface area contributed by atoms with Crippen LogP contribution in [0.5, 0.6) is 0 Å². The van der Waals surface area contributed by atoms with Crippen molar-refractivity contribution in [1.82, 2.24) is 0 Å². The monoisotopic (exact) mass is 247 g/mol. The molecule has 0 amide bonds. The molecule has 4 heteroatoms. The van der Waals surface area contributed by atoms with E-state index in [0.717, 1.165) is 22.4 Å². The van der Waals surface area contributed by atoms with E-state index in [9.17, 15) is 0 Å². The van der Waals surface area contributed by atoms with Gasteiger partial charge in [-0.25, -0.2) is 4.99 Å². The zero-order valence-corrected chi connectivity index (χ0v) is 10.6. The summed E-state index contributed by atoms with van der Waals surface area (Å²) in [6.45, 7) is 3.91. The molecule has 0 unspecified atom stereocenters. The topological polar surface area (TPSA) is 62.2 Å². The molecule has 0 atom stereocenters. The van der Waals surface area contributed by atoms with Gasteiger partial charge in [-0.1, -0.05) is 0 Å². The highest BCUT2D eigenvalue weighted by Crippen LogP contribution is 2.25. The second kappa shape index (κ2) is 6.07. The van der Waals surface area contributed by atoms with Crippen LogP contribution < -0.4 is 5.73 Å². The molecule has 0 heterocycles. The fourth-order valence-electron chi connectivity index (χ4n) is 1.57. The molecule has 0 aliphatic rings. The lowest BCUT2D eigenvalue weighted by atomic mass is 10.0. The Morgan fingerprint density at radius 3 is 2.53 bits per heavy atom. The van der Waals surface area contributed by atoms with E-state index in [-0.39, 0.29) is 5.88 Å². The van der Waals surface area contributed by atoms with E-state index in [4.69, 9.17) is 22.6 Å². The summed E-state index contributed by atoms with van der Waals surface area (Å²) in [5.74, 6) is 0.618. The van der Waals surface area contributed by atoms with Crippen LogP contribution in [-0.2, 0) is 0 Å². The molecule has 0 aromatic heterocycles. The molecule has 0 aliphatic heterocycles. The van der Waals surface area contributed by atoms with Crippen molar-refractivity contribution in [2.75, 3.05) is 5.88 Å². The number of allylic oxidation sites excluding steroid dienone is 1. The maximum Gasteiger partial charge on any atom is 0.115 e. The SMILES string of the molecule is Cc1cc(C=CC#N)cc(C)c1N=C(N)CCl. The van der Waals surface area contributed by atoms with E-state index >= 15 is 0 Å². The Balaban J connectivity index is 3.20. The summed E-state index contributed by atoms with van der Waals surface area (Å²) < 4.78 is 0. The van der Waals surface area contributed by atoms with E-state index in [1.54, 1.807) is 6.08 Å². The molecule has 1 aromatic rings. The Hall–Kier alpha value is -1.79. The van der Waals surface area contributed by atoms with Crippen molar-refractivity contribution in [3.8, 4) is 6.07 Å². The third-order valence-corrected chi connectivity index (χ3v) is 2.53. The second-order valence-electron chi connectivity index (χ2n) is 3.70. The minimum absolute atomic E-state index is 0.217. The lowest BCUT2D eigenvalue weighted by Crippen LogP contribution is -2.12. The normalized spacial score (nSPS) is 11.8. The van der Waals surface area contributed by atoms with E-state index in [1.807, 2.05) is 32.0 Å². The van der Waals surface area contributed by atoms with Crippen LogP contribution in [0.25, 0.3) is 6.08 Å². The van der Waals surface area contributed by atoms with Gasteiger partial charge in [-0.2, -0.15) is 5.26 Å². The number of nitriles is 1. The Bertz CT molecular complexity index is 487. The average Bonchev–Trinajstić information content (AvgIpc) is 2.30. The molecule has 0 saturated carbocycles. The van der Waals surface area contributed by atoms with Gasteiger partial charge in [-0.3, -0.25) is 0 Å². The van der Waals surface area contributed by atoms with Crippen molar-refractivity contribution < 1.29 is 0 Å². The van der Waals surface area contributed by atoms with Crippen molar-refractivity contribution in [3.63, 3.8) is 0 Å². The molecule has 1 aromatic carbocycles. The molecule has 0 radical (unpaired) electrons. The third-order valence-electron chi connectivity index (χ3n) is 2.26. The number of hydrogen-bond acceptors (Lipinski definition) is 2. The molecule has 0 aliphatic carbocycles. The first-order valence-electron chi connectivity index (χ1n) is 5.15. The Morgan fingerprint density at radius 1 is 1.47 bits per heavy atom. The number of alkyl halides is 1. The smallest absolute Gasteiger partial charge is 0.115 e. The van der Waals surface area contributed by atoms with Crippen LogP contribution in [0.3, 0.4) is 0 Å². The Morgan fingerprint density at radius 2 is 2.06 bits per heavy atom. The zero-order chi connectivity index (χ0) is 12.8. The van der Waals surface area contributed by atoms with Gasteiger partial charge in [0, 0.05) is 6.08 Å². The Kier molecular flexibility index (Phi) is 4.74. The molecular formula is C13H14ClN3. The zero-order valence-electron chi connectivity index (χ0n) is 9.87. The summed E-state index contributed by atoms with van der Waals surface area (Å²) in [5, 5.41) is 8.48. The predicted molar refractivity (Wildman–Crippen MR) is 72.6 cm³/mol. The number of rotatable bonds is 3. The number of halogens is 1. The standard InChI is InChI=1S/C13H14ClN3/c1-9-6-11(4-3-5-15)7-10(2)13(9)17-12(16)8-14/h3-4,6-7H,8H2,1-2H3,(H2,16,17). The van der Waals surface area contributed by atoms with Crippen molar-refractivity contribution in [2.24, 2.45) is 10.7 Å². The van der Waals surface area contributed by atoms with Gasteiger partial charge in [-0.15, -0.1) is 11.6 Å². The number of aliphatic imine (C=N–C) groups is 1. The predicted octanol–water partition coefficient (Wildman–Crippen LogP) is 3.07. The fraction of sp³-hybridized carbons (Fsp3) is 0.231. The van der Waals surface area contributed by atoms with Crippen LogP contribution in [0.15, 0.2) is 23.2 Å². The van der Waals surface area contributed by atoms with E-state index in [2.05, 4.69) is 4.99 Å². The fourth-order valence-corrected chi connectivity index (χ4v) is 1.63. The largest absolute Gasteiger partial charge is 0.386 e. The summed E-state index contributed by atoms with van der Waals surface area (Å²) >= 11 is 5.60. The number of hydrogen-bond donors (Lipinski definition) is 1. The molecule has 0 fully saturated rings. The first-order valence-corrected chi connectivity index (χ1v) is 5.68. The number of aryl methyl sites for hydroxylation is 2. The number of amidine groups is 1. The summed E-state index contributed by atoms with van der Waals surface area (Å²) in [5.41, 5.74) is 9.46. The van der Waals surface area contributed by atoms with Gasteiger partial charge in [0.15, 0.2) is 0 Å². The second-order valence-corrected chi connectivity index (χ2v) is 3.97. The Labute approximate surface area is 106 Å². The average molecular weight is 248 g/mol. The highest BCUT2D eigenvalue weighted by Gasteiger charge is 2.03. The van der Waals surface area contributed by atoms with Crippen LogP contribution >= 0.6 is 11.6 Å². The van der Waals surface area contributed by atoms with Gasteiger partial charge in [-0.05, 0) is 48.7 Å². The van der Waals surface area contributed by atoms with Crippen molar-refractivity contribution in [1.29, 1.82) is 5.26 Å². The summed E-state index contributed by atoms with van der Waals surface area (Å²) in [7, 11) is 0. The molecule has 1 rings (SSSR count). The number of nitrogens with zero attached hydrogens (tertiary/aromatic N) is 2. The minimum atomic E-state index is 0.217. The number of benzene rings is 1. The first-order chi connectivity index (χ1) is 8.08. The van der Waals surface area contributed by atoms with Crippen LogP contribution in [0.1, 0.15) is 16.7 Å². The van der Waals surface area contributed by atoms with E-state index < -0.39 is 0 Å². The molecule has 17 heavy (non-hydrogen) atoms. The molecule has 0 bridgehead atoms. The highest BCUT2D eigenvalue weighted by molar-refractivity contribution is 6.28. The molecule has 3 nitrogen and oxygen atoms in total. The van der Waals surface area contributed by atoms with Crippen molar-refractivity contribution >= 4 is 29.2 Å². The van der Waals surface area contributed by atoms with Gasteiger partial charge in [0.2, 0.25) is 0 Å². The lowest BCUT2D eigenvalue weighted by Gasteiger charge is -2.07. The minimum Gasteiger partial charge on any atom is -0.386 e. The van der Waals surface area contributed by atoms with Gasteiger partial charge in [0.25, 0.3) is 0 Å². The molecule has 2 N–H and O–H groups in total. The van der Waals surface area contributed by atoms with Crippen molar-refractivity contribution in [3.05, 3.63) is 34.9 Å². The van der Waals surface area contributed by atoms with Gasteiger partial charge < -0.3 is 5.73 Å². The molecule has 0 spiro atoms. The maximum atomic E-state index is 8.48. The molecule has 88 valence electrons. The molecular weight excluding hydrogens is 234 g/mol.